The molecule has 2 aromatic carbocycles. The van der Waals surface area contributed by atoms with E-state index in [0.29, 0.717) is 6.61 Å². The summed E-state index contributed by atoms with van der Waals surface area (Å²) in [6.45, 7) is 0.683. The minimum atomic E-state index is -0.0905. The number of hydrogen-bond acceptors (Lipinski definition) is 3. The van der Waals surface area contributed by atoms with E-state index in [-0.39, 0.29) is 5.56 Å². The zero-order valence-electron chi connectivity index (χ0n) is 13.8. The third-order valence-corrected chi connectivity index (χ3v) is 5.27. The molecule has 25 heavy (non-hydrogen) atoms. The van der Waals surface area contributed by atoms with Crippen molar-refractivity contribution in [3.63, 3.8) is 0 Å². The Bertz CT molecular complexity index is 1060. The van der Waals surface area contributed by atoms with E-state index in [2.05, 4.69) is 34.6 Å². The Kier molecular flexibility index (Phi) is 4.53. The lowest BCUT2D eigenvalue weighted by Gasteiger charge is -2.08. The Balaban J connectivity index is 1.32. The summed E-state index contributed by atoms with van der Waals surface area (Å²) in [7, 11) is 0. The predicted octanol–water partition coefficient (Wildman–Crippen LogP) is 5.14. The Hall–Kier alpha value is -2.59. The second kappa shape index (κ2) is 7.11. The van der Waals surface area contributed by atoms with Gasteiger partial charge in [-0.15, -0.1) is 11.3 Å². The standard InChI is InChI=1S/C21H19NO2S/c23-21-10-8-16-7-9-17(14-19(16)22-21)24-12-2-1-4-15-5-3-6-20-18(15)11-13-25-20/h3,5-11,13-14H,1-2,4,12H2,(H,22,23). The van der Waals surface area contributed by atoms with Crippen molar-refractivity contribution < 1.29 is 4.74 Å². The van der Waals surface area contributed by atoms with Crippen LogP contribution in [0.3, 0.4) is 0 Å². The van der Waals surface area contributed by atoms with Gasteiger partial charge in [0.15, 0.2) is 0 Å². The molecule has 0 unspecified atom stereocenters. The van der Waals surface area contributed by atoms with Crippen LogP contribution in [-0.2, 0) is 6.42 Å². The molecule has 126 valence electrons. The van der Waals surface area contributed by atoms with E-state index in [4.69, 9.17) is 4.74 Å². The van der Waals surface area contributed by atoms with Crippen LogP contribution in [0.15, 0.2) is 64.8 Å². The van der Waals surface area contributed by atoms with Gasteiger partial charge in [0.1, 0.15) is 5.75 Å². The van der Waals surface area contributed by atoms with Crippen LogP contribution >= 0.6 is 11.3 Å². The van der Waals surface area contributed by atoms with Gasteiger partial charge in [0.25, 0.3) is 0 Å². The average molecular weight is 349 g/mol. The van der Waals surface area contributed by atoms with Crippen LogP contribution < -0.4 is 10.3 Å². The van der Waals surface area contributed by atoms with Crippen LogP contribution in [0.4, 0.5) is 0 Å². The Morgan fingerprint density at radius 1 is 1.00 bits per heavy atom. The number of hydrogen-bond donors (Lipinski definition) is 1. The zero-order valence-corrected chi connectivity index (χ0v) is 14.6. The summed E-state index contributed by atoms with van der Waals surface area (Å²) in [4.78, 5) is 14.2. The van der Waals surface area contributed by atoms with Crippen molar-refractivity contribution in [2.45, 2.75) is 19.3 Å². The molecule has 4 aromatic rings. The highest BCUT2D eigenvalue weighted by atomic mass is 32.1. The van der Waals surface area contributed by atoms with E-state index in [0.717, 1.165) is 35.9 Å². The molecule has 0 amide bonds. The van der Waals surface area contributed by atoms with E-state index >= 15 is 0 Å². The third kappa shape index (κ3) is 3.59. The van der Waals surface area contributed by atoms with Crippen molar-refractivity contribution >= 4 is 32.3 Å². The van der Waals surface area contributed by atoms with Gasteiger partial charge in [-0.05, 0) is 71.3 Å². The molecule has 4 heteroatoms. The van der Waals surface area contributed by atoms with Crippen molar-refractivity contribution in [1.29, 1.82) is 0 Å². The van der Waals surface area contributed by atoms with Crippen molar-refractivity contribution in [3.8, 4) is 5.75 Å². The summed E-state index contributed by atoms with van der Waals surface area (Å²) in [5.74, 6) is 0.800. The fourth-order valence-corrected chi connectivity index (χ4v) is 3.93. The summed E-state index contributed by atoms with van der Waals surface area (Å²) in [6.07, 6.45) is 3.17. The number of H-pyrrole nitrogens is 1. The number of benzene rings is 2. The summed E-state index contributed by atoms with van der Waals surface area (Å²) in [5, 5.41) is 4.55. The quantitative estimate of drug-likeness (QED) is 0.489. The molecule has 0 spiro atoms. The van der Waals surface area contributed by atoms with Crippen LogP contribution in [0.2, 0.25) is 0 Å². The second-order valence-electron chi connectivity index (χ2n) is 6.13. The number of pyridine rings is 1. The first-order valence-electron chi connectivity index (χ1n) is 8.51. The molecule has 0 aliphatic rings. The van der Waals surface area contributed by atoms with Crippen LogP contribution in [0.1, 0.15) is 18.4 Å². The number of rotatable bonds is 6. The topological polar surface area (TPSA) is 42.1 Å². The van der Waals surface area contributed by atoms with Crippen LogP contribution in [0.5, 0.6) is 5.75 Å². The molecule has 0 radical (unpaired) electrons. The Labute approximate surface area is 149 Å². The molecule has 0 aliphatic heterocycles. The van der Waals surface area contributed by atoms with Gasteiger partial charge in [-0.25, -0.2) is 0 Å². The van der Waals surface area contributed by atoms with Gasteiger partial charge in [0.2, 0.25) is 5.56 Å². The van der Waals surface area contributed by atoms with Gasteiger partial charge in [-0.3, -0.25) is 4.79 Å². The van der Waals surface area contributed by atoms with Crippen LogP contribution in [0.25, 0.3) is 21.0 Å². The maximum atomic E-state index is 11.4. The predicted molar refractivity (Wildman–Crippen MR) is 105 cm³/mol. The molecule has 3 nitrogen and oxygen atoms in total. The van der Waals surface area contributed by atoms with Gasteiger partial charge in [0, 0.05) is 16.8 Å². The van der Waals surface area contributed by atoms with Crippen molar-refractivity contribution in [2.24, 2.45) is 0 Å². The van der Waals surface area contributed by atoms with E-state index in [9.17, 15) is 4.79 Å². The first-order valence-corrected chi connectivity index (χ1v) is 9.38. The Morgan fingerprint density at radius 2 is 1.92 bits per heavy atom. The van der Waals surface area contributed by atoms with Gasteiger partial charge < -0.3 is 9.72 Å². The number of nitrogens with one attached hydrogen (secondary N) is 1. The molecule has 2 aromatic heterocycles. The van der Waals surface area contributed by atoms with Gasteiger partial charge in [0.05, 0.1) is 12.1 Å². The molecule has 0 aliphatic carbocycles. The second-order valence-corrected chi connectivity index (χ2v) is 7.07. The molecule has 4 rings (SSSR count). The number of fused-ring (bicyclic) bond motifs is 2. The lowest BCUT2D eigenvalue weighted by Crippen LogP contribution is -2.03. The van der Waals surface area contributed by atoms with Gasteiger partial charge in [-0.1, -0.05) is 12.1 Å². The highest BCUT2D eigenvalue weighted by molar-refractivity contribution is 7.17. The number of ether oxygens (including phenoxy) is 1. The maximum Gasteiger partial charge on any atom is 0.248 e. The third-order valence-electron chi connectivity index (χ3n) is 4.39. The SMILES string of the molecule is O=c1ccc2ccc(OCCCCc3cccc4sccc34)cc2[nH]1. The van der Waals surface area contributed by atoms with Gasteiger partial charge in [-0.2, -0.15) is 0 Å². The molecular formula is C21H19NO2S. The molecule has 0 saturated carbocycles. The van der Waals surface area contributed by atoms with Crippen molar-refractivity contribution in [3.05, 3.63) is 75.9 Å². The summed E-state index contributed by atoms with van der Waals surface area (Å²) < 4.78 is 7.20. The number of aromatic nitrogens is 1. The van der Waals surface area contributed by atoms with E-state index in [1.54, 1.807) is 11.3 Å². The highest BCUT2D eigenvalue weighted by Gasteiger charge is 2.02. The molecule has 0 saturated heterocycles. The fourth-order valence-electron chi connectivity index (χ4n) is 3.10. The van der Waals surface area contributed by atoms with Crippen molar-refractivity contribution in [1.82, 2.24) is 4.98 Å². The number of aryl methyl sites for hydroxylation is 1. The molecule has 2 heterocycles. The van der Waals surface area contributed by atoms with E-state index < -0.39 is 0 Å². The Morgan fingerprint density at radius 3 is 2.88 bits per heavy atom. The number of thiophene rings is 1. The zero-order chi connectivity index (χ0) is 17.1. The summed E-state index contributed by atoms with van der Waals surface area (Å²) >= 11 is 1.79. The molecule has 0 atom stereocenters. The lowest BCUT2D eigenvalue weighted by atomic mass is 10.0. The smallest absolute Gasteiger partial charge is 0.248 e. The van der Waals surface area contributed by atoms with E-state index in [1.165, 1.54) is 21.7 Å². The van der Waals surface area contributed by atoms with Crippen LogP contribution in [0, 0.1) is 0 Å². The molecule has 0 fully saturated rings. The first kappa shape index (κ1) is 15.9. The monoisotopic (exact) mass is 349 g/mol. The largest absolute Gasteiger partial charge is 0.494 e. The molecule has 1 N–H and O–H groups in total. The minimum Gasteiger partial charge on any atom is -0.494 e. The normalized spacial score (nSPS) is 11.2. The first-order chi connectivity index (χ1) is 12.3. The molecular weight excluding hydrogens is 330 g/mol. The lowest BCUT2D eigenvalue weighted by molar-refractivity contribution is 0.307. The summed E-state index contributed by atoms with van der Waals surface area (Å²) in [5.41, 5.74) is 2.14. The summed E-state index contributed by atoms with van der Waals surface area (Å²) in [6, 6.07) is 17.9. The minimum absolute atomic E-state index is 0.0905. The maximum absolute atomic E-state index is 11.4. The molecule has 0 bridgehead atoms. The van der Waals surface area contributed by atoms with Crippen molar-refractivity contribution in [2.75, 3.05) is 6.61 Å². The number of aromatic amines is 1. The highest BCUT2D eigenvalue weighted by Crippen LogP contribution is 2.25. The van der Waals surface area contributed by atoms with Gasteiger partial charge >= 0.3 is 0 Å². The average Bonchev–Trinajstić information content (AvgIpc) is 3.10. The van der Waals surface area contributed by atoms with E-state index in [1.807, 2.05) is 24.3 Å². The fraction of sp³-hybridized carbons (Fsp3) is 0.190. The number of unbranched alkanes of at least 4 members (excludes halogenated alkanes) is 1. The van der Waals surface area contributed by atoms with Crippen LogP contribution in [-0.4, -0.2) is 11.6 Å².